The third-order valence-electron chi connectivity index (χ3n) is 5.28. The first-order valence-corrected chi connectivity index (χ1v) is 12.6. The zero-order valence-corrected chi connectivity index (χ0v) is 24.1. The Morgan fingerprint density at radius 2 is 0.778 bits per heavy atom. The SMILES string of the molecule is CC1=CN=C(C)C1.CC1=CN=C(C)C1.CC1=NN=C(C)CC1.Cc1ccc(C)[nH]1.Cc1ccc(C)[nH]1. The van der Waals surface area contributed by atoms with Gasteiger partial charge in [-0.05, 0) is 117 Å². The molecule has 6 nitrogen and oxygen atoms in total. The number of aliphatic imine (C=N–C) groups is 2. The molecule has 0 aromatic carbocycles. The Bertz CT molecular complexity index is 977. The third-order valence-corrected chi connectivity index (χ3v) is 5.28. The van der Waals surface area contributed by atoms with E-state index in [4.69, 9.17) is 0 Å². The van der Waals surface area contributed by atoms with Gasteiger partial charge < -0.3 is 9.97 Å². The Morgan fingerprint density at radius 3 is 0.889 bits per heavy atom. The summed E-state index contributed by atoms with van der Waals surface area (Å²) in [7, 11) is 0. The second-order valence-corrected chi connectivity index (χ2v) is 9.85. The van der Waals surface area contributed by atoms with Crippen molar-refractivity contribution >= 4 is 22.8 Å². The average Bonchev–Trinajstić information content (AvgIpc) is 3.58. The molecular formula is C30H46N6. The van der Waals surface area contributed by atoms with Gasteiger partial charge in [0.1, 0.15) is 0 Å². The van der Waals surface area contributed by atoms with Crippen molar-refractivity contribution in [2.75, 3.05) is 0 Å². The van der Waals surface area contributed by atoms with Crippen LogP contribution < -0.4 is 0 Å². The van der Waals surface area contributed by atoms with Gasteiger partial charge in [0.05, 0.1) is 0 Å². The molecule has 0 bridgehead atoms. The second kappa shape index (κ2) is 16.4. The maximum Gasteiger partial charge on any atom is 0.0378 e. The van der Waals surface area contributed by atoms with E-state index < -0.39 is 0 Å². The first-order chi connectivity index (χ1) is 16.9. The highest BCUT2D eigenvalue weighted by Gasteiger charge is 1.99. The highest BCUT2D eigenvalue weighted by Crippen LogP contribution is 2.09. The minimum Gasteiger partial charge on any atom is -0.363 e. The molecule has 0 fully saturated rings. The van der Waals surface area contributed by atoms with Gasteiger partial charge in [-0.1, -0.05) is 0 Å². The van der Waals surface area contributed by atoms with Crippen molar-refractivity contribution in [3.63, 3.8) is 0 Å². The quantitative estimate of drug-likeness (QED) is 0.372. The van der Waals surface area contributed by atoms with Crippen LogP contribution in [-0.2, 0) is 0 Å². The van der Waals surface area contributed by atoms with Crippen LogP contribution in [-0.4, -0.2) is 32.8 Å². The van der Waals surface area contributed by atoms with Gasteiger partial charge in [0, 0.05) is 70.9 Å². The van der Waals surface area contributed by atoms with Crippen LogP contribution in [0.25, 0.3) is 0 Å². The van der Waals surface area contributed by atoms with Crippen LogP contribution >= 0.6 is 0 Å². The number of hydrogen-bond acceptors (Lipinski definition) is 4. The van der Waals surface area contributed by atoms with Crippen LogP contribution in [0.2, 0.25) is 0 Å². The third kappa shape index (κ3) is 14.9. The van der Waals surface area contributed by atoms with E-state index in [1.54, 1.807) is 0 Å². The predicted octanol–water partition coefficient (Wildman–Crippen LogP) is 8.39. The van der Waals surface area contributed by atoms with E-state index >= 15 is 0 Å². The van der Waals surface area contributed by atoms with Crippen LogP contribution in [0.4, 0.5) is 0 Å². The first kappa shape index (κ1) is 30.8. The second-order valence-electron chi connectivity index (χ2n) is 9.85. The lowest BCUT2D eigenvalue weighted by Crippen LogP contribution is -2.02. The molecule has 2 aromatic rings. The molecule has 5 rings (SSSR count). The Hall–Kier alpha value is -3.28. The summed E-state index contributed by atoms with van der Waals surface area (Å²) in [4.78, 5) is 14.4. The highest BCUT2D eigenvalue weighted by atomic mass is 15.2. The molecular weight excluding hydrogens is 444 g/mol. The van der Waals surface area contributed by atoms with E-state index in [2.05, 4.69) is 68.3 Å². The normalized spacial score (nSPS) is 15.5. The summed E-state index contributed by atoms with van der Waals surface area (Å²) in [6, 6.07) is 8.26. The van der Waals surface area contributed by atoms with Crippen molar-refractivity contribution in [2.45, 2.75) is 94.9 Å². The van der Waals surface area contributed by atoms with Gasteiger partial charge in [-0.3, -0.25) is 9.98 Å². The number of aryl methyl sites for hydroxylation is 4. The van der Waals surface area contributed by atoms with E-state index in [0.29, 0.717) is 0 Å². The number of aromatic amines is 2. The number of H-pyrrole nitrogens is 2. The van der Waals surface area contributed by atoms with Crippen molar-refractivity contribution in [1.29, 1.82) is 0 Å². The molecule has 3 aliphatic heterocycles. The van der Waals surface area contributed by atoms with Gasteiger partial charge in [0.15, 0.2) is 0 Å². The van der Waals surface area contributed by atoms with Gasteiger partial charge >= 0.3 is 0 Å². The highest BCUT2D eigenvalue weighted by molar-refractivity contribution is 5.92. The molecule has 0 saturated carbocycles. The number of hydrogen-bond donors (Lipinski definition) is 2. The Balaban J connectivity index is 0.000000225. The van der Waals surface area contributed by atoms with E-state index in [-0.39, 0.29) is 0 Å². The van der Waals surface area contributed by atoms with Crippen molar-refractivity contribution in [3.8, 4) is 0 Å². The fourth-order valence-corrected chi connectivity index (χ4v) is 3.35. The molecule has 0 unspecified atom stereocenters. The molecule has 0 saturated heterocycles. The Labute approximate surface area is 218 Å². The Kier molecular flexibility index (Phi) is 14.0. The largest absolute Gasteiger partial charge is 0.363 e. The lowest BCUT2D eigenvalue weighted by atomic mass is 10.1. The summed E-state index contributed by atoms with van der Waals surface area (Å²) in [6.07, 6.45) is 8.20. The summed E-state index contributed by atoms with van der Waals surface area (Å²) in [5.41, 5.74) is 12.4. The Morgan fingerprint density at radius 1 is 0.472 bits per heavy atom. The van der Waals surface area contributed by atoms with Crippen LogP contribution in [0.3, 0.4) is 0 Å². The first-order valence-electron chi connectivity index (χ1n) is 12.6. The van der Waals surface area contributed by atoms with Crippen molar-refractivity contribution < 1.29 is 0 Å². The molecule has 0 amide bonds. The smallest absolute Gasteiger partial charge is 0.0378 e. The number of nitrogens with one attached hydrogen (secondary N) is 2. The van der Waals surface area contributed by atoms with E-state index in [0.717, 1.165) is 37.1 Å². The minimum atomic E-state index is 1.08. The molecule has 6 heteroatoms. The molecule has 5 heterocycles. The summed E-state index contributed by atoms with van der Waals surface area (Å²) >= 11 is 0. The van der Waals surface area contributed by atoms with Gasteiger partial charge in [0.2, 0.25) is 0 Å². The number of rotatable bonds is 0. The number of aromatic nitrogens is 2. The molecule has 0 atom stereocenters. The number of nitrogens with zero attached hydrogens (tertiary/aromatic N) is 4. The topological polar surface area (TPSA) is 81.0 Å². The molecule has 2 N–H and O–H groups in total. The van der Waals surface area contributed by atoms with E-state index in [9.17, 15) is 0 Å². The lowest BCUT2D eigenvalue weighted by molar-refractivity contribution is 1.02. The monoisotopic (exact) mass is 490 g/mol. The standard InChI is InChI=1S/C6H10N2.4C6H9N/c1-5-3-4-6(2)8-7-5;2*1-5-3-6(2)7-4-5;2*1-5-3-4-6(2)7-5/h3-4H2,1-2H3;2*4H,3H2,1-2H3;2*3-4,7H,1-2H3. The molecule has 0 aliphatic carbocycles. The summed E-state index contributed by atoms with van der Waals surface area (Å²) in [6.45, 7) is 20.5. The number of allylic oxidation sites excluding steroid dienone is 2. The molecule has 0 radical (unpaired) electrons. The van der Waals surface area contributed by atoms with E-state index in [1.807, 2.05) is 67.8 Å². The van der Waals surface area contributed by atoms with Crippen LogP contribution in [0, 0.1) is 27.7 Å². The van der Waals surface area contributed by atoms with Crippen LogP contribution in [0.15, 0.2) is 68.0 Å². The van der Waals surface area contributed by atoms with E-state index in [1.165, 1.54) is 45.3 Å². The maximum absolute atomic E-state index is 4.07. The lowest BCUT2D eigenvalue weighted by Gasteiger charge is -2.02. The average molecular weight is 491 g/mol. The van der Waals surface area contributed by atoms with Gasteiger partial charge in [-0.15, -0.1) is 0 Å². The molecule has 3 aliphatic rings. The molecule has 196 valence electrons. The molecule has 0 spiro atoms. The van der Waals surface area contributed by atoms with Gasteiger partial charge in [-0.2, -0.15) is 10.2 Å². The molecule has 36 heavy (non-hydrogen) atoms. The fraction of sp³-hybridized carbons (Fsp3) is 0.467. The molecule has 2 aromatic heterocycles. The maximum atomic E-state index is 4.07. The zero-order chi connectivity index (χ0) is 27.1. The summed E-state index contributed by atoms with van der Waals surface area (Å²) < 4.78 is 0. The summed E-state index contributed by atoms with van der Waals surface area (Å²) in [5.74, 6) is 0. The zero-order valence-electron chi connectivity index (χ0n) is 24.1. The van der Waals surface area contributed by atoms with Gasteiger partial charge in [-0.25, -0.2) is 0 Å². The van der Waals surface area contributed by atoms with Crippen molar-refractivity contribution in [3.05, 3.63) is 70.6 Å². The predicted molar refractivity (Wildman–Crippen MR) is 159 cm³/mol. The minimum absolute atomic E-state index is 1.08. The van der Waals surface area contributed by atoms with Crippen LogP contribution in [0.5, 0.6) is 0 Å². The summed E-state index contributed by atoms with van der Waals surface area (Å²) in [5, 5.41) is 7.83. The van der Waals surface area contributed by atoms with Gasteiger partial charge in [0.25, 0.3) is 0 Å². The van der Waals surface area contributed by atoms with Crippen molar-refractivity contribution in [1.82, 2.24) is 9.97 Å². The fourth-order valence-electron chi connectivity index (χ4n) is 3.35. The van der Waals surface area contributed by atoms with Crippen molar-refractivity contribution in [2.24, 2.45) is 20.2 Å². The van der Waals surface area contributed by atoms with Crippen LogP contribution in [0.1, 0.15) is 90.0 Å².